The molecule has 1 heterocycles. The molecule has 3 aromatic rings. The number of hydrogen-bond donors (Lipinski definition) is 3. The van der Waals surface area contributed by atoms with Crippen molar-refractivity contribution in [3.8, 4) is 5.75 Å². The van der Waals surface area contributed by atoms with Gasteiger partial charge in [-0.15, -0.1) is 0 Å². The molecule has 1 aromatic heterocycles. The highest BCUT2D eigenvalue weighted by Crippen LogP contribution is 2.24. The molecule has 0 unspecified atom stereocenters. The molecule has 0 fully saturated rings. The topological polar surface area (TPSA) is 91.4 Å². The number of carbonyl (C=O) groups excluding carboxylic acids is 1. The molecule has 0 aliphatic heterocycles. The van der Waals surface area contributed by atoms with Gasteiger partial charge >= 0.3 is 5.97 Å². The Bertz CT molecular complexity index is 1000. The van der Waals surface area contributed by atoms with Gasteiger partial charge in [0, 0.05) is 23.5 Å². The van der Waals surface area contributed by atoms with Gasteiger partial charge in [0.1, 0.15) is 11.8 Å². The van der Waals surface area contributed by atoms with Crippen LogP contribution in [-0.2, 0) is 21.4 Å². The second-order valence-electron chi connectivity index (χ2n) is 8.09. The lowest BCUT2D eigenvalue weighted by molar-refractivity contribution is -0.142. The van der Waals surface area contributed by atoms with E-state index in [0.29, 0.717) is 5.75 Å². The molecule has 0 saturated heterocycles. The SMILES string of the molecule is CC(C)(C)c1ccc(OCC(=O)N[C@H](Cc2c[nH]c3ccccc23)C(=O)O)cc1. The van der Waals surface area contributed by atoms with Crippen molar-refractivity contribution in [3.05, 3.63) is 65.9 Å². The number of carboxylic acid groups (broad SMARTS) is 1. The predicted molar refractivity (Wildman–Crippen MR) is 112 cm³/mol. The van der Waals surface area contributed by atoms with Crippen LogP contribution in [-0.4, -0.2) is 34.6 Å². The maximum atomic E-state index is 12.2. The van der Waals surface area contributed by atoms with E-state index in [1.807, 2.05) is 48.5 Å². The Morgan fingerprint density at radius 1 is 1.10 bits per heavy atom. The monoisotopic (exact) mass is 394 g/mol. The van der Waals surface area contributed by atoms with Gasteiger partial charge < -0.3 is 20.1 Å². The average Bonchev–Trinajstić information content (AvgIpc) is 3.08. The largest absolute Gasteiger partial charge is 0.484 e. The van der Waals surface area contributed by atoms with E-state index in [2.05, 4.69) is 31.1 Å². The maximum absolute atomic E-state index is 12.2. The molecule has 3 rings (SSSR count). The van der Waals surface area contributed by atoms with E-state index in [4.69, 9.17) is 4.74 Å². The van der Waals surface area contributed by atoms with Crippen LogP contribution >= 0.6 is 0 Å². The normalized spacial score (nSPS) is 12.5. The summed E-state index contributed by atoms with van der Waals surface area (Å²) in [7, 11) is 0. The number of aliphatic carboxylic acids is 1. The van der Waals surface area contributed by atoms with Crippen LogP contribution in [0, 0.1) is 0 Å². The number of nitrogens with one attached hydrogen (secondary N) is 2. The smallest absolute Gasteiger partial charge is 0.326 e. The molecule has 0 radical (unpaired) electrons. The van der Waals surface area contributed by atoms with Crippen molar-refractivity contribution in [1.29, 1.82) is 0 Å². The first-order chi connectivity index (χ1) is 13.7. The standard InChI is InChI=1S/C23H26N2O4/c1-23(2,3)16-8-10-17(11-9-16)29-14-21(26)25-20(22(27)28)12-15-13-24-19-7-5-4-6-18(15)19/h4-11,13,20,24H,12,14H2,1-3H3,(H,25,26)(H,27,28)/t20-/m1/s1. The maximum Gasteiger partial charge on any atom is 0.326 e. The highest BCUT2D eigenvalue weighted by Gasteiger charge is 2.22. The number of ether oxygens (including phenoxy) is 1. The van der Waals surface area contributed by atoms with Crippen molar-refractivity contribution in [1.82, 2.24) is 10.3 Å². The van der Waals surface area contributed by atoms with Crippen LogP contribution in [0.15, 0.2) is 54.7 Å². The molecule has 152 valence electrons. The third-order valence-electron chi connectivity index (χ3n) is 4.82. The van der Waals surface area contributed by atoms with E-state index < -0.39 is 17.9 Å². The highest BCUT2D eigenvalue weighted by atomic mass is 16.5. The zero-order valence-electron chi connectivity index (χ0n) is 16.9. The van der Waals surface area contributed by atoms with E-state index in [0.717, 1.165) is 16.5 Å². The molecular formula is C23H26N2O4. The van der Waals surface area contributed by atoms with Gasteiger partial charge in [0.15, 0.2) is 6.61 Å². The van der Waals surface area contributed by atoms with Crippen LogP contribution in [0.1, 0.15) is 31.9 Å². The minimum Gasteiger partial charge on any atom is -0.484 e. The lowest BCUT2D eigenvalue weighted by atomic mass is 9.87. The zero-order valence-corrected chi connectivity index (χ0v) is 16.9. The third kappa shape index (κ3) is 5.16. The third-order valence-corrected chi connectivity index (χ3v) is 4.82. The number of para-hydroxylation sites is 1. The van der Waals surface area contributed by atoms with Gasteiger partial charge in [0.25, 0.3) is 5.91 Å². The Kier molecular flexibility index (Phi) is 5.92. The van der Waals surface area contributed by atoms with Gasteiger partial charge in [0.2, 0.25) is 0 Å². The second-order valence-corrected chi connectivity index (χ2v) is 8.09. The molecule has 6 heteroatoms. The number of benzene rings is 2. The summed E-state index contributed by atoms with van der Waals surface area (Å²) in [6.07, 6.45) is 1.96. The minimum absolute atomic E-state index is 0.0347. The summed E-state index contributed by atoms with van der Waals surface area (Å²) in [6.45, 7) is 6.12. The molecule has 6 nitrogen and oxygen atoms in total. The summed E-state index contributed by atoms with van der Waals surface area (Å²) in [4.78, 5) is 27.0. The quantitative estimate of drug-likeness (QED) is 0.570. The van der Waals surface area contributed by atoms with E-state index in [1.165, 1.54) is 5.56 Å². The molecule has 0 saturated carbocycles. The average molecular weight is 394 g/mol. The molecule has 3 N–H and O–H groups in total. The van der Waals surface area contributed by atoms with Gasteiger partial charge in [-0.1, -0.05) is 51.1 Å². The fourth-order valence-corrected chi connectivity index (χ4v) is 3.16. The van der Waals surface area contributed by atoms with Gasteiger partial charge in [-0.3, -0.25) is 4.79 Å². The molecule has 0 aliphatic rings. The van der Waals surface area contributed by atoms with E-state index in [1.54, 1.807) is 6.20 Å². The van der Waals surface area contributed by atoms with Crippen molar-refractivity contribution in [2.24, 2.45) is 0 Å². The van der Waals surface area contributed by atoms with E-state index in [9.17, 15) is 14.7 Å². The Balaban J connectivity index is 1.59. The van der Waals surface area contributed by atoms with Crippen molar-refractivity contribution in [2.45, 2.75) is 38.6 Å². The Morgan fingerprint density at radius 2 is 1.79 bits per heavy atom. The first kappa shape index (κ1) is 20.5. The summed E-state index contributed by atoms with van der Waals surface area (Å²) < 4.78 is 5.51. The van der Waals surface area contributed by atoms with Crippen molar-refractivity contribution in [3.63, 3.8) is 0 Å². The molecule has 29 heavy (non-hydrogen) atoms. The number of fused-ring (bicyclic) bond motifs is 1. The van der Waals surface area contributed by atoms with Crippen LogP contribution in [0.5, 0.6) is 5.75 Å². The fourth-order valence-electron chi connectivity index (χ4n) is 3.16. The van der Waals surface area contributed by atoms with Crippen LogP contribution in [0.3, 0.4) is 0 Å². The van der Waals surface area contributed by atoms with Gasteiger partial charge in [-0.25, -0.2) is 4.79 Å². The van der Waals surface area contributed by atoms with E-state index in [-0.39, 0.29) is 18.4 Å². The van der Waals surface area contributed by atoms with Crippen molar-refractivity contribution < 1.29 is 19.4 Å². The summed E-state index contributed by atoms with van der Waals surface area (Å²) in [5, 5.41) is 13.0. The number of amides is 1. The molecule has 0 aliphatic carbocycles. The van der Waals surface area contributed by atoms with Crippen molar-refractivity contribution in [2.75, 3.05) is 6.61 Å². The summed E-state index contributed by atoms with van der Waals surface area (Å²) in [6, 6.07) is 14.2. The number of H-pyrrole nitrogens is 1. The predicted octanol–water partition coefficient (Wildman–Crippen LogP) is 3.66. The lowest BCUT2D eigenvalue weighted by Gasteiger charge is -2.19. The molecule has 1 amide bonds. The highest BCUT2D eigenvalue weighted by molar-refractivity contribution is 5.87. The summed E-state index contributed by atoms with van der Waals surface area (Å²) in [5.41, 5.74) is 2.97. The number of carbonyl (C=O) groups is 2. The minimum atomic E-state index is -1.09. The number of aromatic amines is 1. The van der Waals surface area contributed by atoms with Crippen LogP contribution in [0.2, 0.25) is 0 Å². The summed E-state index contributed by atoms with van der Waals surface area (Å²) >= 11 is 0. The molecule has 2 aromatic carbocycles. The van der Waals surface area contributed by atoms with Crippen LogP contribution in [0.4, 0.5) is 0 Å². The van der Waals surface area contributed by atoms with Crippen LogP contribution < -0.4 is 10.1 Å². The number of rotatable bonds is 7. The van der Waals surface area contributed by atoms with Gasteiger partial charge in [0.05, 0.1) is 0 Å². The first-order valence-corrected chi connectivity index (χ1v) is 9.54. The zero-order chi connectivity index (χ0) is 21.0. The Labute approximate surface area is 169 Å². The molecule has 1 atom stereocenters. The summed E-state index contributed by atoms with van der Waals surface area (Å²) in [5.74, 6) is -0.994. The Morgan fingerprint density at radius 3 is 2.45 bits per heavy atom. The molecular weight excluding hydrogens is 368 g/mol. The molecule has 0 spiro atoms. The van der Waals surface area contributed by atoms with Gasteiger partial charge in [-0.2, -0.15) is 0 Å². The first-order valence-electron chi connectivity index (χ1n) is 9.54. The lowest BCUT2D eigenvalue weighted by Crippen LogP contribution is -2.44. The van der Waals surface area contributed by atoms with Crippen molar-refractivity contribution >= 4 is 22.8 Å². The number of aromatic nitrogens is 1. The molecule has 0 bridgehead atoms. The Hall–Kier alpha value is -3.28. The fraction of sp³-hybridized carbons (Fsp3) is 0.304. The number of carboxylic acids is 1. The van der Waals surface area contributed by atoms with E-state index >= 15 is 0 Å². The number of hydrogen-bond acceptors (Lipinski definition) is 3. The van der Waals surface area contributed by atoms with Gasteiger partial charge in [-0.05, 0) is 34.7 Å². The second kappa shape index (κ2) is 8.39. The van der Waals surface area contributed by atoms with Crippen LogP contribution in [0.25, 0.3) is 10.9 Å².